The van der Waals surface area contributed by atoms with Crippen molar-refractivity contribution in [2.24, 2.45) is 0 Å². The molecule has 0 aromatic carbocycles. The van der Waals surface area contributed by atoms with Gasteiger partial charge in [0.2, 0.25) is 0 Å². The summed E-state index contributed by atoms with van der Waals surface area (Å²) in [4.78, 5) is 13.2. The predicted molar refractivity (Wildman–Crippen MR) is 161 cm³/mol. The zero-order valence-corrected chi connectivity index (χ0v) is 27.9. The van der Waals surface area contributed by atoms with Crippen molar-refractivity contribution in [1.82, 2.24) is 0 Å². The van der Waals surface area contributed by atoms with E-state index in [1.54, 1.807) is 20.8 Å². The summed E-state index contributed by atoms with van der Waals surface area (Å²) in [6.45, 7) is 18.9. The third kappa shape index (κ3) is 20.7. The van der Waals surface area contributed by atoms with E-state index >= 15 is 0 Å². The van der Waals surface area contributed by atoms with E-state index in [0.717, 1.165) is 57.8 Å². The Morgan fingerprint density at radius 1 is 0.537 bits per heavy atom. The van der Waals surface area contributed by atoms with Crippen molar-refractivity contribution in [3.05, 3.63) is 0 Å². The van der Waals surface area contributed by atoms with Crippen LogP contribution in [0.15, 0.2) is 0 Å². The Bertz CT molecular complexity index is 578. The molecule has 5 unspecified atom stereocenters. The SMILES string of the molecule is CCCCCCCCC(=O)OC(OC(C)OC(C)OCCCC)(OC(C)OC(C)OCCCC)C(C)OCCCC. The van der Waals surface area contributed by atoms with Crippen LogP contribution in [0.1, 0.15) is 146 Å². The maximum absolute atomic E-state index is 13.2. The lowest BCUT2D eigenvalue weighted by Crippen LogP contribution is -2.55. The average Bonchev–Trinajstić information content (AvgIpc) is 2.90. The lowest BCUT2D eigenvalue weighted by atomic mass is 10.1. The normalized spacial score (nSPS) is 17.0. The molecule has 0 aromatic heterocycles. The Kier molecular flexibility index (Phi) is 25.2. The van der Waals surface area contributed by atoms with Gasteiger partial charge in [-0.25, -0.2) is 0 Å². The third-order valence-corrected chi connectivity index (χ3v) is 6.48. The first kappa shape index (κ1) is 40.2. The lowest BCUT2D eigenvalue weighted by molar-refractivity contribution is -0.466. The van der Waals surface area contributed by atoms with Gasteiger partial charge in [0.05, 0.1) is 0 Å². The summed E-state index contributed by atoms with van der Waals surface area (Å²) in [6.07, 6.45) is 8.81. The fraction of sp³-hybridized carbons (Fsp3) is 0.969. The second-order valence-corrected chi connectivity index (χ2v) is 10.7. The van der Waals surface area contributed by atoms with E-state index < -0.39 is 43.2 Å². The van der Waals surface area contributed by atoms with Crippen LogP contribution in [0, 0.1) is 0 Å². The van der Waals surface area contributed by atoms with Crippen LogP contribution < -0.4 is 0 Å². The third-order valence-electron chi connectivity index (χ3n) is 6.48. The number of carbonyl (C=O) groups is 1. The summed E-state index contributed by atoms with van der Waals surface area (Å²) >= 11 is 0. The molecule has 9 nitrogen and oxygen atoms in total. The Morgan fingerprint density at radius 3 is 1.41 bits per heavy atom. The summed E-state index contributed by atoms with van der Waals surface area (Å²) in [5.74, 6) is -2.33. The molecule has 0 spiro atoms. The summed E-state index contributed by atoms with van der Waals surface area (Å²) in [5, 5.41) is 0. The molecule has 0 fully saturated rings. The molecular formula is C32H64O9. The monoisotopic (exact) mass is 592 g/mol. The fourth-order valence-corrected chi connectivity index (χ4v) is 4.04. The first-order valence-electron chi connectivity index (χ1n) is 16.4. The second kappa shape index (κ2) is 25.7. The highest BCUT2D eigenvalue weighted by Gasteiger charge is 2.48. The Labute approximate surface area is 251 Å². The molecule has 0 aliphatic rings. The maximum Gasteiger partial charge on any atom is 0.361 e. The van der Waals surface area contributed by atoms with E-state index in [1.807, 2.05) is 13.8 Å². The van der Waals surface area contributed by atoms with Gasteiger partial charge >= 0.3 is 11.9 Å². The van der Waals surface area contributed by atoms with Gasteiger partial charge in [-0.1, -0.05) is 79.1 Å². The van der Waals surface area contributed by atoms with Crippen molar-refractivity contribution in [2.75, 3.05) is 19.8 Å². The van der Waals surface area contributed by atoms with E-state index in [2.05, 4.69) is 27.7 Å². The molecule has 0 aromatic rings. The zero-order valence-electron chi connectivity index (χ0n) is 27.9. The van der Waals surface area contributed by atoms with Crippen molar-refractivity contribution in [1.29, 1.82) is 0 Å². The number of ether oxygens (including phenoxy) is 8. The summed E-state index contributed by atoms with van der Waals surface area (Å²) < 4.78 is 48.0. The Hall–Kier alpha value is -0.810. The van der Waals surface area contributed by atoms with E-state index in [1.165, 1.54) is 19.3 Å². The Balaban J connectivity index is 5.74. The average molecular weight is 593 g/mol. The number of unbranched alkanes of at least 4 members (excludes halogenated alkanes) is 8. The lowest BCUT2D eigenvalue weighted by Gasteiger charge is -2.40. The van der Waals surface area contributed by atoms with Gasteiger partial charge in [0.1, 0.15) is 6.10 Å². The number of hydrogen-bond donors (Lipinski definition) is 0. The topological polar surface area (TPSA) is 90.9 Å². The van der Waals surface area contributed by atoms with Gasteiger partial charge in [0, 0.05) is 26.2 Å². The van der Waals surface area contributed by atoms with E-state index in [0.29, 0.717) is 19.8 Å². The van der Waals surface area contributed by atoms with Gasteiger partial charge in [-0.15, -0.1) is 0 Å². The van der Waals surface area contributed by atoms with Crippen LogP contribution in [0.4, 0.5) is 0 Å². The molecule has 0 radical (unpaired) electrons. The minimum Gasteiger partial charge on any atom is -0.405 e. The van der Waals surface area contributed by atoms with Crippen LogP contribution >= 0.6 is 0 Å². The molecule has 0 aliphatic heterocycles. The first-order valence-corrected chi connectivity index (χ1v) is 16.4. The highest BCUT2D eigenvalue weighted by atomic mass is 16.9. The quantitative estimate of drug-likeness (QED) is 0.0484. The summed E-state index contributed by atoms with van der Waals surface area (Å²) in [6, 6.07) is 0. The van der Waals surface area contributed by atoms with Crippen molar-refractivity contribution in [3.63, 3.8) is 0 Å². The van der Waals surface area contributed by atoms with Gasteiger partial charge in [0.15, 0.2) is 25.2 Å². The van der Waals surface area contributed by atoms with Crippen LogP contribution in [-0.2, 0) is 42.7 Å². The highest BCUT2D eigenvalue weighted by molar-refractivity contribution is 5.69. The van der Waals surface area contributed by atoms with Crippen molar-refractivity contribution in [2.45, 2.75) is 183 Å². The molecule has 0 N–H and O–H groups in total. The minimum absolute atomic E-state index is 0.250. The number of rotatable bonds is 29. The fourth-order valence-electron chi connectivity index (χ4n) is 4.04. The van der Waals surface area contributed by atoms with Crippen molar-refractivity contribution < 1.29 is 42.7 Å². The van der Waals surface area contributed by atoms with Crippen LogP contribution in [0.2, 0.25) is 0 Å². The van der Waals surface area contributed by atoms with Crippen molar-refractivity contribution >= 4 is 5.97 Å². The molecule has 0 bridgehead atoms. The standard InChI is InChI=1S/C32H64O9/c1-10-14-18-19-20-21-22-31(33)41-32(26(5)34-23-15-11-2,39-29(8)37-27(6)35-24-16-12-3)40-30(9)38-28(7)36-25-17-13-4/h26-30H,10-25H2,1-9H3. The molecule has 41 heavy (non-hydrogen) atoms. The first-order chi connectivity index (χ1) is 19.6. The van der Waals surface area contributed by atoms with Gasteiger partial charge in [-0.3, -0.25) is 14.3 Å². The maximum atomic E-state index is 13.2. The second-order valence-electron chi connectivity index (χ2n) is 10.7. The Morgan fingerprint density at radius 2 is 0.951 bits per heavy atom. The molecule has 0 aliphatic carbocycles. The molecule has 0 saturated carbocycles. The van der Waals surface area contributed by atoms with E-state index in [-0.39, 0.29) is 6.42 Å². The van der Waals surface area contributed by atoms with Crippen LogP contribution in [0.25, 0.3) is 0 Å². The van der Waals surface area contributed by atoms with Gasteiger partial charge in [-0.05, 0) is 60.3 Å². The van der Waals surface area contributed by atoms with Gasteiger partial charge in [0.25, 0.3) is 0 Å². The largest absolute Gasteiger partial charge is 0.405 e. The summed E-state index contributed by atoms with van der Waals surface area (Å²) in [7, 11) is 0. The molecular weight excluding hydrogens is 528 g/mol. The van der Waals surface area contributed by atoms with E-state index in [4.69, 9.17) is 37.9 Å². The van der Waals surface area contributed by atoms with Gasteiger partial charge < -0.3 is 28.4 Å². The highest BCUT2D eigenvalue weighted by Crippen LogP contribution is 2.29. The number of carbonyl (C=O) groups excluding carboxylic acids is 1. The molecule has 246 valence electrons. The molecule has 0 rings (SSSR count). The number of hydrogen-bond acceptors (Lipinski definition) is 9. The smallest absolute Gasteiger partial charge is 0.361 e. The summed E-state index contributed by atoms with van der Waals surface area (Å²) in [5.41, 5.74) is 0. The predicted octanol–water partition coefficient (Wildman–Crippen LogP) is 8.22. The molecule has 5 atom stereocenters. The molecule has 0 heterocycles. The molecule has 9 heteroatoms. The van der Waals surface area contributed by atoms with E-state index in [9.17, 15) is 4.79 Å². The van der Waals surface area contributed by atoms with Gasteiger partial charge in [-0.2, -0.15) is 0 Å². The van der Waals surface area contributed by atoms with Crippen LogP contribution in [-0.4, -0.2) is 63.0 Å². The minimum atomic E-state index is -1.90. The number of esters is 1. The zero-order chi connectivity index (χ0) is 30.9. The molecule has 0 saturated heterocycles. The van der Waals surface area contributed by atoms with Crippen LogP contribution in [0.5, 0.6) is 0 Å². The van der Waals surface area contributed by atoms with Crippen LogP contribution in [0.3, 0.4) is 0 Å². The van der Waals surface area contributed by atoms with Crippen molar-refractivity contribution in [3.8, 4) is 0 Å². The molecule has 0 amide bonds.